The molecule has 1 aromatic heterocycles. The minimum atomic E-state index is -0.853. The summed E-state index contributed by atoms with van der Waals surface area (Å²) in [5.41, 5.74) is 1.87. The zero-order valence-electron chi connectivity index (χ0n) is 18.0. The third kappa shape index (κ3) is 5.90. The van der Waals surface area contributed by atoms with E-state index < -0.39 is 16.5 Å². The highest BCUT2D eigenvalue weighted by Crippen LogP contribution is 2.41. The smallest absolute Gasteiger partial charge is 0.294 e. The van der Waals surface area contributed by atoms with E-state index >= 15 is 0 Å². The molecule has 1 saturated carbocycles. The van der Waals surface area contributed by atoms with Gasteiger partial charge in [-0.2, -0.15) is 5.26 Å². The average molecular weight is 527 g/mol. The molecule has 0 aliphatic heterocycles. The van der Waals surface area contributed by atoms with Gasteiger partial charge in [0.2, 0.25) is 0 Å². The van der Waals surface area contributed by atoms with Gasteiger partial charge in [-0.1, -0.05) is 53.2 Å². The van der Waals surface area contributed by atoms with Gasteiger partial charge in [0.05, 0.1) is 21.7 Å². The Morgan fingerprint density at radius 1 is 1.26 bits per heavy atom. The van der Waals surface area contributed by atoms with E-state index in [4.69, 9.17) is 23.2 Å². The fourth-order valence-corrected chi connectivity index (χ4v) is 4.76. The van der Waals surface area contributed by atoms with Crippen LogP contribution in [0.2, 0.25) is 10.0 Å². The highest BCUT2D eigenvalue weighted by atomic mass is 35.5. The maximum Gasteiger partial charge on any atom is 0.294 e. The van der Waals surface area contributed by atoms with Crippen molar-refractivity contribution >= 4 is 40.4 Å². The number of nitriles is 1. The van der Waals surface area contributed by atoms with E-state index in [-0.39, 0.29) is 18.0 Å². The second kappa shape index (κ2) is 10.3. The van der Waals surface area contributed by atoms with Gasteiger partial charge in [0.25, 0.3) is 11.0 Å². The molecule has 0 saturated heterocycles. The minimum Gasteiger partial charge on any atom is -0.332 e. The zero-order valence-corrected chi connectivity index (χ0v) is 20.3. The molecule has 8 nitrogen and oxygen atoms in total. The number of carbonyl (C=O) groups excluding carboxylic acids is 1. The molecule has 1 aliphatic carbocycles. The monoisotopic (exact) mass is 526 g/mol. The number of hydrogen-bond donors (Lipinski definition) is 1. The quantitative estimate of drug-likeness (QED) is 0.187. The lowest BCUT2D eigenvalue weighted by molar-refractivity contribution is -0.757. The molecule has 35 heavy (non-hydrogen) atoms. The average Bonchev–Trinajstić information content (AvgIpc) is 3.46. The molecule has 0 atom stereocenters. The van der Waals surface area contributed by atoms with Crippen LogP contribution < -0.4 is 5.32 Å². The van der Waals surface area contributed by atoms with Crippen LogP contribution in [0, 0.1) is 33.3 Å². The normalized spacial score (nSPS) is 13.2. The highest BCUT2D eigenvalue weighted by molar-refractivity contribution is 7.17. The summed E-state index contributed by atoms with van der Waals surface area (Å²) in [6.45, 7) is -0.0972. The van der Waals surface area contributed by atoms with E-state index in [2.05, 4.69) is 33.0 Å². The Hall–Kier alpha value is -3.63. The van der Waals surface area contributed by atoms with Gasteiger partial charge in [0.1, 0.15) is 12.1 Å². The molecule has 176 valence electrons. The topological polar surface area (TPSA) is 118 Å². The van der Waals surface area contributed by atoms with Gasteiger partial charge in [-0.05, 0) is 37.1 Å². The van der Waals surface area contributed by atoms with Crippen LogP contribution in [0.15, 0.2) is 42.5 Å². The number of thiazole rings is 1. The van der Waals surface area contributed by atoms with Gasteiger partial charge in [0, 0.05) is 28.1 Å². The summed E-state index contributed by atoms with van der Waals surface area (Å²) in [6, 6.07) is 14.5. The highest BCUT2D eigenvalue weighted by Gasteiger charge is 2.45. The van der Waals surface area contributed by atoms with Gasteiger partial charge in [-0.25, -0.2) is 4.98 Å². The molecule has 1 amide bonds. The lowest BCUT2D eigenvalue weighted by Crippen LogP contribution is -2.35. The van der Waals surface area contributed by atoms with Crippen molar-refractivity contribution in [2.75, 3.05) is 6.61 Å². The van der Waals surface area contributed by atoms with E-state index in [9.17, 15) is 20.2 Å². The molecule has 1 aliphatic rings. The Bertz CT molecular complexity index is 1400. The number of benzene rings is 2. The lowest BCUT2D eigenvalue weighted by Gasteiger charge is -2.06. The molecule has 11 heteroatoms. The summed E-state index contributed by atoms with van der Waals surface area (Å²) in [7, 11) is 0. The molecule has 4 rings (SSSR count). The van der Waals surface area contributed by atoms with Crippen LogP contribution in [0.25, 0.3) is 21.7 Å². The Labute approximate surface area is 214 Å². The summed E-state index contributed by atoms with van der Waals surface area (Å²) in [6.07, 6.45) is 1.45. The van der Waals surface area contributed by atoms with Crippen LogP contribution in [0.3, 0.4) is 0 Å². The second-order valence-electron chi connectivity index (χ2n) is 7.65. The number of aromatic nitrogens is 1. The van der Waals surface area contributed by atoms with Gasteiger partial charge in [-0.15, -0.1) is 21.5 Å². The first-order valence-corrected chi connectivity index (χ1v) is 11.9. The first-order chi connectivity index (χ1) is 16.8. The number of rotatable bonds is 7. The van der Waals surface area contributed by atoms with Gasteiger partial charge >= 0.3 is 0 Å². The number of halogens is 2. The van der Waals surface area contributed by atoms with Crippen LogP contribution in [-0.2, 0) is 4.84 Å². The Kier molecular flexibility index (Phi) is 7.23. The maximum atomic E-state index is 12.9. The van der Waals surface area contributed by atoms with Crippen molar-refractivity contribution in [3.8, 4) is 39.6 Å². The van der Waals surface area contributed by atoms with Crippen molar-refractivity contribution in [3.63, 3.8) is 0 Å². The van der Waals surface area contributed by atoms with Crippen LogP contribution in [0.5, 0.6) is 0 Å². The van der Waals surface area contributed by atoms with E-state index in [0.29, 0.717) is 44.6 Å². The number of carbonyl (C=O) groups is 1. The summed E-state index contributed by atoms with van der Waals surface area (Å²) in [5.74, 6) is 5.33. The molecule has 1 heterocycles. The molecule has 1 fully saturated rings. The van der Waals surface area contributed by atoms with E-state index in [1.807, 2.05) is 12.1 Å². The first kappa shape index (κ1) is 24.5. The largest absolute Gasteiger partial charge is 0.332 e. The van der Waals surface area contributed by atoms with Crippen molar-refractivity contribution < 1.29 is 14.7 Å². The standard InChI is InChI=1S/C24H16Cl2N4O4S/c25-17-8-9-18(19(26)13-17)21-20(28-23(35-21)22(31)29-24(14-27)10-11-24)16-6-4-15(5-7-16)3-1-2-12-34-30(32)33/h4-9,13H,2,10-12H2,(H,29,31). The molecule has 2 aromatic carbocycles. The summed E-state index contributed by atoms with van der Waals surface area (Å²) in [4.78, 5) is 32.5. The number of nitrogens with zero attached hydrogens (tertiary/aromatic N) is 3. The van der Waals surface area contributed by atoms with Crippen molar-refractivity contribution in [1.82, 2.24) is 10.3 Å². The fraction of sp³-hybridized carbons (Fsp3) is 0.208. The van der Waals surface area contributed by atoms with Crippen molar-refractivity contribution in [2.24, 2.45) is 0 Å². The number of hydrogen-bond acceptors (Lipinski definition) is 7. The Morgan fingerprint density at radius 3 is 2.63 bits per heavy atom. The predicted molar refractivity (Wildman–Crippen MR) is 132 cm³/mol. The van der Waals surface area contributed by atoms with Crippen LogP contribution in [-0.4, -0.2) is 28.1 Å². The van der Waals surface area contributed by atoms with Crippen molar-refractivity contribution in [2.45, 2.75) is 24.8 Å². The van der Waals surface area contributed by atoms with Gasteiger partial charge < -0.3 is 10.2 Å². The van der Waals surface area contributed by atoms with Gasteiger partial charge in [0.15, 0.2) is 5.01 Å². The first-order valence-electron chi connectivity index (χ1n) is 10.4. The SMILES string of the molecule is N#CC1(NC(=O)c2nc(-c3ccc(C#CCCO[N+](=O)[O-])cc3)c(-c3ccc(Cl)cc3Cl)s2)CC1. The number of amides is 1. The molecular weight excluding hydrogens is 511 g/mol. The van der Waals surface area contributed by atoms with E-state index in [0.717, 1.165) is 5.56 Å². The summed E-state index contributed by atoms with van der Waals surface area (Å²) < 4.78 is 0. The van der Waals surface area contributed by atoms with Crippen molar-refractivity contribution in [3.05, 3.63) is 73.2 Å². The summed E-state index contributed by atoms with van der Waals surface area (Å²) >= 11 is 13.7. The molecule has 3 aromatic rings. The van der Waals surface area contributed by atoms with E-state index in [1.54, 1.807) is 30.3 Å². The molecule has 0 radical (unpaired) electrons. The molecule has 0 spiro atoms. The zero-order chi connectivity index (χ0) is 25.0. The van der Waals surface area contributed by atoms with Crippen LogP contribution >= 0.6 is 34.5 Å². The predicted octanol–water partition coefficient (Wildman–Crippen LogP) is 5.52. The summed E-state index contributed by atoms with van der Waals surface area (Å²) in [5, 5.41) is 22.5. The third-order valence-electron chi connectivity index (χ3n) is 5.13. The molecule has 0 bridgehead atoms. The minimum absolute atomic E-state index is 0.0972. The Morgan fingerprint density at radius 2 is 2.00 bits per heavy atom. The molecule has 0 unspecified atom stereocenters. The van der Waals surface area contributed by atoms with E-state index in [1.165, 1.54) is 11.3 Å². The maximum absolute atomic E-state index is 12.9. The number of nitrogens with one attached hydrogen (secondary N) is 1. The lowest BCUT2D eigenvalue weighted by atomic mass is 10.0. The molecular formula is C24H16Cl2N4O4S. The fourth-order valence-electron chi connectivity index (χ4n) is 3.18. The molecule has 1 N–H and O–H groups in total. The third-order valence-corrected chi connectivity index (χ3v) is 6.76. The second-order valence-corrected chi connectivity index (χ2v) is 9.50. The van der Waals surface area contributed by atoms with Crippen molar-refractivity contribution in [1.29, 1.82) is 5.26 Å². The van der Waals surface area contributed by atoms with Gasteiger partial charge in [-0.3, -0.25) is 4.79 Å². The van der Waals surface area contributed by atoms with Crippen LogP contribution in [0.1, 0.15) is 34.6 Å². The Balaban J connectivity index is 1.64. The van der Waals surface area contributed by atoms with Crippen LogP contribution in [0.4, 0.5) is 0 Å².